The Bertz CT molecular complexity index is 498. The zero-order valence-corrected chi connectivity index (χ0v) is 8.98. The monoisotopic (exact) mass is 234 g/mol. The van der Waals surface area contributed by atoms with Crippen molar-refractivity contribution in [3.63, 3.8) is 0 Å². The lowest BCUT2D eigenvalue weighted by Gasteiger charge is -2.04. The Kier molecular flexibility index (Phi) is 3.44. The van der Waals surface area contributed by atoms with E-state index in [0.29, 0.717) is 13.0 Å². The van der Waals surface area contributed by atoms with E-state index >= 15 is 0 Å². The van der Waals surface area contributed by atoms with E-state index in [2.05, 4.69) is 20.3 Å². The van der Waals surface area contributed by atoms with Gasteiger partial charge in [-0.2, -0.15) is 4.39 Å². The molecule has 0 atom stereocenters. The Morgan fingerprint density at radius 2 is 2.41 bits per heavy atom. The Balaban J connectivity index is 1.88. The molecule has 2 aromatic heterocycles. The van der Waals surface area contributed by atoms with Crippen molar-refractivity contribution in [3.05, 3.63) is 48.1 Å². The quantitative estimate of drug-likeness (QED) is 0.773. The minimum Gasteiger partial charge on any atom is -0.352 e. The molecule has 0 aliphatic heterocycles. The van der Waals surface area contributed by atoms with Gasteiger partial charge >= 0.3 is 0 Å². The third-order valence-electron chi connectivity index (χ3n) is 2.24. The zero-order chi connectivity index (χ0) is 12.1. The summed E-state index contributed by atoms with van der Waals surface area (Å²) in [6.07, 6.45) is 5.17. The summed E-state index contributed by atoms with van der Waals surface area (Å²) in [6, 6.07) is 2.92. The van der Waals surface area contributed by atoms with Crippen LogP contribution in [0.15, 0.2) is 30.9 Å². The van der Waals surface area contributed by atoms with Gasteiger partial charge in [-0.05, 0) is 12.1 Å². The molecule has 0 spiro atoms. The number of aromatic nitrogens is 3. The number of nitrogens with one attached hydrogen (secondary N) is 2. The Labute approximate surface area is 97.1 Å². The maximum absolute atomic E-state index is 13.2. The topological polar surface area (TPSA) is 70.7 Å². The third kappa shape index (κ3) is 2.87. The number of hydrogen-bond donors (Lipinski definition) is 2. The second kappa shape index (κ2) is 5.20. The summed E-state index contributed by atoms with van der Waals surface area (Å²) in [5.41, 5.74) is 0.870. The summed E-state index contributed by atoms with van der Waals surface area (Å²) < 4.78 is 13.2. The van der Waals surface area contributed by atoms with E-state index in [1.165, 1.54) is 18.3 Å². The van der Waals surface area contributed by atoms with Crippen molar-refractivity contribution < 1.29 is 9.18 Å². The van der Waals surface area contributed by atoms with Crippen molar-refractivity contribution in [1.29, 1.82) is 0 Å². The van der Waals surface area contributed by atoms with E-state index in [9.17, 15) is 9.18 Å². The highest BCUT2D eigenvalue weighted by molar-refractivity contribution is 5.94. The van der Waals surface area contributed by atoms with Crippen molar-refractivity contribution in [1.82, 2.24) is 20.3 Å². The minimum atomic E-state index is -0.758. The van der Waals surface area contributed by atoms with Gasteiger partial charge in [-0.3, -0.25) is 4.79 Å². The van der Waals surface area contributed by atoms with E-state index in [1.54, 1.807) is 12.5 Å². The van der Waals surface area contributed by atoms with Gasteiger partial charge in [-0.1, -0.05) is 0 Å². The first-order chi connectivity index (χ1) is 8.27. The fourth-order valence-electron chi connectivity index (χ4n) is 1.38. The van der Waals surface area contributed by atoms with E-state index in [4.69, 9.17) is 0 Å². The number of carbonyl (C=O) groups excluding carboxylic acids is 1. The van der Waals surface area contributed by atoms with Gasteiger partial charge in [-0.25, -0.2) is 9.97 Å². The standard InChI is InChI=1S/C11H11FN4O/c12-10-9(2-1-4-14-10)11(17)15-5-3-8-6-13-7-16-8/h1-2,4,6-7H,3,5H2,(H,13,16)(H,15,17). The molecule has 2 aromatic rings. The van der Waals surface area contributed by atoms with Crippen LogP contribution in [-0.2, 0) is 6.42 Å². The maximum Gasteiger partial charge on any atom is 0.255 e. The van der Waals surface area contributed by atoms with Crippen molar-refractivity contribution in [2.45, 2.75) is 6.42 Å². The minimum absolute atomic E-state index is 0.0443. The number of rotatable bonds is 4. The first-order valence-corrected chi connectivity index (χ1v) is 5.13. The number of pyridine rings is 1. The predicted octanol–water partition coefficient (Wildman–Crippen LogP) is 0.916. The molecule has 0 fully saturated rings. The van der Waals surface area contributed by atoms with Gasteiger partial charge < -0.3 is 10.3 Å². The number of imidazole rings is 1. The molecular weight excluding hydrogens is 223 g/mol. The lowest BCUT2D eigenvalue weighted by Crippen LogP contribution is -2.26. The lowest BCUT2D eigenvalue weighted by atomic mass is 10.2. The molecule has 1 amide bonds. The zero-order valence-electron chi connectivity index (χ0n) is 8.98. The lowest BCUT2D eigenvalue weighted by molar-refractivity contribution is 0.0949. The maximum atomic E-state index is 13.2. The summed E-state index contributed by atoms with van der Waals surface area (Å²) in [6.45, 7) is 0.412. The Hall–Kier alpha value is -2.24. The molecule has 0 bridgehead atoms. The highest BCUT2D eigenvalue weighted by atomic mass is 19.1. The summed E-state index contributed by atoms with van der Waals surface area (Å²) in [7, 11) is 0. The van der Waals surface area contributed by atoms with Crippen LogP contribution < -0.4 is 5.32 Å². The molecule has 2 rings (SSSR count). The molecule has 88 valence electrons. The second-order valence-electron chi connectivity index (χ2n) is 3.42. The third-order valence-corrected chi connectivity index (χ3v) is 2.24. The summed E-state index contributed by atoms with van der Waals surface area (Å²) in [5, 5.41) is 2.61. The fraction of sp³-hybridized carbons (Fsp3) is 0.182. The molecule has 0 radical (unpaired) electrons. The van der Waals surface area contributed by atoms with Crippen molar-refractivity contribution in [2.75, 3.05) is 6.54 Å². The summed E-state index contributed by atoms with van der Waals surface area (Å²) in [4.78, 5) is 21.8. The highest BCUT2D eigenvalue weighted by Gasteiger charge is 2.10. The van der Waals surface area contributed by atoms with Crippen molar-refractivity contribution >= 4 is 5.91 Å². The molecule has 0 unspecified atom stereocenters. The van der Waals surface area contributed by atoms with Crippen molar-refractivity contribution in [2.24, 2.45) is 0 Å². The molecule has 0 saturated carbocycles. The number of hydrogen-bond acceptors (Lipinski definition) is 3. The van der Waals surface area contributed by atoms with E-state index < -0.39 is 11.9 Å². The normalized spacial score (nSPS) is 10.2. The van der Waals surface area contributed by atoms with Gasteiger partial charge in [0.2, 0.25) is 5.95 Å². The van der Waals surface area contributed by atoms with E-state index in [0.717, 1.165) is 5.69 Å². The molecule has 6 heteroatoms. The van der Waals surface area contributed by atoms with Crippen LogP contribution in [-0.4, -0.2) is 27.4 Å². The largest absolute Gasteiger partial charge is 0.352 e. The van der Waals surface area contributed by atoms with Crippen LogP contribution in [0.4, 0.5) is 4.39 Å². The Morgan fingerprint density at radius 3 is 3.12 bits per heavy atom. The number of carbonyl (C=O) groups is 1. The van der Waals surface area contributed by atoms with Gasteiger partial charge in [0.15, 0.2) is 0 Å². The Morgan fingerprint density at radius 1 is 1.53 bits per heavy atom. The number of halogens is 1. The number of nitrogens with zero attached hydrogens (tertiary/aromatic N) is 2. The van der Waals surface area contributed by atoms with Crippen molar-refractivity contribution in [3.8, 4) is 0 Å². The molecular formula is C11H11FN4O. The molecule has 17 heavy (non-hydrogen) atoms. The number of aromatic amines is 1. The fourth-order valence-corrected chi connectivity index (χ4v) is 1.38. The average molecular weight is 234 g/mol. The molecule has 0 saturated heterocycles. The molecule has 5 nitrogen and oxygen atoms in total. The molecule has 0 aromatic carbocycles. The van der Waals surface area contributed by atoms with Gasteiger partial charge in [0.25, 0.3) is 5.91 Å². The van der Waals surface area contributed by atoms with Crippen LogP contribution in [0.3, 0.4) is 0 Å². The SMILES string of the molecule is O=C(NCCc1cnc[nH]1)c1cccnc1F. The first kappa shape index (κ1) is 11.3. The molecule has 2 heterocycles. The van der Waals surface area contributed by atoms with Crippen LogP contribution in [0.2, 0.25) is 0 Å². The molecule has 0 aliphatic rings. The molecule has 2 N–H and O–H groups in total. The summed E-state index contributed by atoms with van der Waals surface area (Å²) in [5.74, 6) is -1.22. The second-order valence-corrected chi connectivity index (χ2v) is 3.42. The van der Waals surface area contributed by atoms with Gasteiger partial charge in [0, 0.05) is 31.1 Å². The van der Waals surface area contributed by atoms with Gasteiger partial charge in [-0.15, -0.1) is 0 Å². The van der Waals surface area contributed by atoms with E-state index in [1.807, 2.05) is 0 Å². The molecule has 0 aliphatic carbocycles. The van der Waals surface area contributed by atoms with Crippen LogP contribution in [0, 0.1) is 5.95 Å². The van der Waals surface area contributed by atoms with Crippen LogP contribution in [0.5, 0.6) is 0 Å². The van der Waals surface area contributed by atoms with Crippen LogP contribution in [0.25, 0.3) is 0 Å². The summed E-state index contributed by atoms with van der Waals surface area (Å²) >= 11 is 0. The van der Waals surface area contributed by atoms with Gasteiger partial charge in [0.05, 0.1) is 11.9 Å². The number of amides is 1. The number of H-pyrrole nitrogens is 1. The highest BCUT2D eigenvalue weighted by Crippen LogP contribution is 2.02. The average Bonchev–Trinajstić information content (AvgIpc) is 2.82. The van der Waals surface area contributed by atoms with Gasteiger partial charge in [0.1, 0.15) is 0 Å². The van der Waals surface area contributed by atoms with Crippen LogP contribution >= 0.6 is 0 Å². The smallest absolute Gasteiger partial charge is 0.255 e. The predicted molar refractivity (Wildman–Crippen MR) is 58.8 cm³/mol. The first-order valence-electron chi connectivity index (χ1n) is 5.13. The van der Waals surface area contributed by atoms with E-state index in [-0.39, 0.29) is 5.56 Å². The van der Waals surface area contributed by atoms with Crippen LogP contribution in [0.1, 0.15) is 16.1 Å².